The Morgan fingerprint density at radius 1 is 0.833 bits per heavy atom. The van der Waals surface area contributed by atoms with Crippen molar-refractivity contribution in [3.63, 3.8) is 0 Å². The second-order valence-corrected chi connectivity index (χ2v) is 10.4. The molecule has 7 heteroatoms. The lowest BCUT2D eigenvalue weighted by molar-refractivity contribution is 0.102. The minimum Gasteiger partial charge on any atom is -0.322 e. The van der Waals surface area contributed by atoms with Crippen LogP contribution in [-0.2, 0) is 16.4 Å². The van der Waals surface area contributed by atoms with Crippen LogP contribution in [0.2, 0.25) is 0 Å². The Balaban J connectivity index is 1.62. The fourth-order valence-corrected chi connectivity index (χ4v) is 3.40. The molecule has 3 rings (SSSR count). The summed E-state index contributed by atoms with van der Waals surface area (Å²) < 4.78 is 26.1. The van der Waals surface area contributed by atoms with Crippen LogP contribution in [0, 0.1) is 0 Å². The first-order valence-electron chi connectivity index (χ1n) is 9.56. The zero-order valence-corrected chi connectivity index (χ0v) is 18.0. The Morgan fingerprint density at radius 3 is 1.93 bits per heavy atom. The highest BCUT2D eigenvalue weighted by atomic mass is 32.2. The first-order chi connectivity index (χ1) is 14.1. The molecule has 0 saturated carbocycles. The van der Waals surface area contributed by atoms with Crippen LogP contribution in [0.25, 0.3) is 0 Å². The van der Waals surface area contributed by atoms with Gasteiger partial charge in [-0.3, -0.25) is 14.5 Å². The van der Waals surface area contributed by atoms with E-state index in [1.54, 1.807) is 57.4 Å². The summed E-state index contributed by atoms with van der Waals surface area (Å²) in [5, 5.41) is 2.85. The molecule has 0 aliphatic heterocycles. The van der Waals surface area contributed by atoms with Crippen LogP contribution in [0.3, 0.4) is 0 Å². The molecule has 2 N–H and O–H groups in total. The smallest absolute Gasteiger partial charge is 0.255 e. The van der Waals surface area contributed by atoms with Gasteiger partial charge in [0, 0.05) is 29.3 Å². The number of pyridine rings is 1. The number of sulfonamides is 1. The standard InChI is InChI=1S/C23H25N3O3S/c1-23(2,3)30(28,29)26-21-10-6-19(7-11-21)22(27)25-20-8-4-17(5-9-20)16-18-12-14-24-15-13-18/h4-15,26H,16H2,1-3H3,(H,25,27). The summed E-state index contributed by atoms with van der Waals surface area (Å²) in [7, 11) is -3.51. The number of carbonyl (C=O) groups excluding carboxylic acids is 1. The van der Waals surface area contributed by atoms with E-state index in [0.717, 1.165) is 12.0 Å². The lowest BCUT2D eigenvalue weighted by Crippen LogP contribution is -2.33. The molecule has 0 bridgehead atoms. The number of aromatic nitrogens is 1. The molecule has 0 radical (unpaired) electrons. The molecule has 0 atom stereocenters. The highest BCUT2D eigenvalue weighted by molar-refractivity contribution is 7.94. The zero-order chi connectivity index (χ0) is 21.8. The van der Waals surface area contributed by atoms with Gasteiger partial charge in [-0.1, -0.05) is 12.1 Å². The van der Waals surface area contributed by atoms with E-state index in [1.807, 2.05) is 36.4 Å². The van der Waals surface area contributed by atoms with Crippen molar-refractivity contribution < 1.29 is 13.2 Å². The average Bonchev–Trinajstić information content (AvgIpc) is 2.70. The number of hydrogen-bond donors (Lipinski definition) is 2. The molecule has 1 amide bonds. The molecule has 0 unspecified atom stereocenters. The van der Waals surface area contributed by atoms with E-state index in [-0.39, 0.29) is 5.91 Å². The highest BCUT2D eigenvalue weighted by Crippen LogP contribution is 2.20. The van der Waals surface area contributed by atoms with Gasteiger partial charge < -0.3 is 5.32 Å². The van der Waals surface area contributed by atoms with E-state index in [4.69, 9.17) is 0 Å². The van der Waals surface area contributed by atoms with Crippen LogP contribution in [0.15, 0.2) is 73.1 Å². The molecular weight excluding hydrogens is 398 g/mol. The Labute approximate surface area is 177 Å². The highest BCUT2D eigenvalue weighted by Gasteiger charge is 2.28. The summed E-state index contributed by atoms with van der Waals surface area (Å²) in [6.45, 7) is 4.87. The van der Waals surface area contributed by atoms with E-state index in [9.17, 15) is 13.2 Å². The van der Waals surface area contributed by atoms with Crippen molar-refractivity contribution in [2.24, 2.45) is 0 Å². The Morgan fingerprint density at radius 2 is 1.37 bits per heavy atom. The van der Waals surface area contributed by atoms with Gasteiger partial charge in [0.25, 0.3) is 5.91 Å². The molecule has 0 aliphatic rings. The van der Waals surface area contributed by atoms with Crippen molar-refractivity contribution in [2.45, 2.75) is 31.9 Å². The van der Waals surface area contributed by atoms with Crippen LogP contribution in [0.4, 0.5) is 11.4 Å². The molecule has 1 heterocycles. The topological polar surface area (TPSA) is 88.2 Å². The maximum atomic E-state index is 12.5. The van der Waals surface area contributed by atoms with Crippen molar-refractivity contribution in [1.29, 1.82) is 0 Å². The van der Waals surface area contributed by atoms with Crippen molar-refractivity contribution >= 4 is 27.3 Å². The number of rotatable bonds is 6. The molecule has 0 spiro atoms. The van der Waals surface area contributed by atoms with E-state index in [1.165, 1.54) is 5.56 Å². The normalized spacial score (nSPS) is 11.7. The van der Waals surface area contributed by atoms with Crippen LogP contribution < -0.4 is 10.0 Å². The number of anilines is 2. The van der Waals surface area contributed by atoms with Gasteiger partial charge in [0.1, 0.15) is 0 Å². The van der Waals surface area contributed by atoms with Gasteiger partial charge in [-0.05, 0) is 86.8 Å². The predicted molar refractivity (Wildman–Crippen MR) is 120 cm³/mol. The number of nitrogens with zero attached hydrogens (tertiary/aromatic N) is 1. The zero-order valence-electron chi connectivity index (χ0n) is 17.2. The summed E-state index contributed by atoms with van der Waals surface area (Å²) in [6.07, 6.45) is 4.33. The fraction of sp³-hybridized carbons (Fsp3) is 0.217. The molecule has 156 valence electrons. The number of amides is 1. The van der Waals surface area contributed by atoms with Gasteiger partial charge in [0.2, 0.25) is 10.0 Å². The molecular formula is C23H25N3O3S. The van der Waals surface area contributed by atoms with Crippen LogP contribution in [0.1, 0.15) is 42.3 Å². The van der Waals surface area contributed by atoms with Crippen molar-refractivity contribution in [3.8, 4) is 0 Å². The summed E-state index contributed by atoms with van der Waals surface area (Å²) in [4.78, 5) is 16.5. The molecule has 6 nitrogen and oxygen atoms in total. The van der Waals surface area contributed by atoms with Gasteiger partial charge in [-0.25, -0.2) is 8.42 Å². The fourth-order valence-electron chi connectivity index (χ4n) is 2.64. The second kappa shape index (κ2) is 8.67. The van der Waals surface area contributed by atoms with Crippen LogP contribution in [0.5, 0.6) is 0 Å². The predicted octanol–water partition coefficient (Wildman–Crippen LogP) is 4.46. The summed E-state index contributed by atoms with van der Waals surface area (Å²) in [6, 6.07) is 18.0. The minimum absolute atomic E-state index is 0.262. The molecule has 0 saturated heterocycles. The first-order valence-corrected chi connectivity index (χ1v) is 11.0. The largest absolute Gasteiger partial charge is 0.322 e. The SMILES string of the molecule is CC(C)(C)S(=O)(=O)Nc1ccc(C(=O)Nc2ccc(Cc3ccncc3)cc2)cc1. The van der Waals surface area contributed by atoms with Crippen molar-refractivity contribution in [1.82, 2.24) is 4.98 Å². The second-order valence-electron chi connectivity index (χ2n) is 7.98. The lowest BCUT2D eigenvalue weighted by Gasteiger charge is -2.20. The third-order valence-electron chi connectivity index (χ3n) is 4.57. The van der Waals surface area contributed by atoms with E-state index in [2.05, 4.69) is 15.0 Å². The summed E-state index contributed by atoms with van der Waals surface area (Å²) in [5.41, 5.74) is 3.85. The number of hydrogen-bond acceptors (Lipinski definition) is 4. The molecule has 2 aromatic carbocycles. The number of benzene rings is 2. The number of carbonyl (C=O) groups is 1. The maximum absolute atomic E-state index is 12.5. The van der Waals surface area contributed by atoms with Crippen LogP contribution in [-0.4, -0.2) is 24.1 Å². The van der Waals surface area contributed by atoms with Gasteiger partial charge in [-0.15, -0.1) is 0 Å². The number of nitrogens with one attached hydrogen (secondary N) is 2. The van der Waals surface area contributed by atoms with Gasteiger partial charge in [-0.2, -0.15) is 0 Å². The van der Waals surface area contributed by atoms with E-state index < -0.39 is 14.8 Å². The van der Waals surface area contributed by atoms with Gasteiger partial charge in [0.15, 0.2) is 0 Å². The van der Waals surface area contributed by atoms with E-state index in [0.29, 0.717) is 16.9 Å². The molecule has 3 aromatic rings. The lowest BCUT2D eigenvalue weighted by atomic mass is 10.1. The Kier molecular flexibility index (Phi) is 6.22. The summed E-state index contributed by atoms with van der Waals surface area (Å²) in [5.74, 6) is -0.262. The molecule has 1 aromatic heterocycles. The quantitative estimate of drug-likeness (QED) is 0.612. The third-order valence-corrected chi connectivity index (χ3v) is 6.69. The van der Waals surface area contributed by atoms with Crippen molar-refractivity contribution in [2.75, 3.05) is 10.0 Å². The Bertz CT molecular complexity index is 1100. The molecule has 30 heavy (non-hydrogen) atoms. The monoisotopic (exact) mass is 423 g/mol. The molecule has 0 fully saturated rings. The summed E-state index contributed by atoms with van der Waals surface area (Å²) >= 11 is 0. The first kappa shape index (κ1) is 21.5. The van der Waals surface area contributed by atoms with Crippen LogP contribution >= 0.6 is 0 Å². The minimum atomic E-state index is -3.51. The average molecular weight is 424 g/mol. The van der Waals surface area contributed by atoms with Gasteiger partial charge in [0.05, 0.1) is 4.75 Å². The van der Waals surface area contributed by atoms with Gasteiger partial charge >= 0.3 is 0 Å². The third kappa shape index (κ3) is 5.45. The van der Waals surface area contributed by atoms with E-state index >= 15 is 0 Å². The molecule has 0 aliphatic carbocycles. The Hall–Kier alpha value is -3.19. The van der Waals surface area contributed by atoms with Crippen molar-refractivity contribution in [3.05, 3.63) is 89.7 Å². The maximum Gasteiger partial charge on any atom is 0.255 e.